The first-order chi connectivity index (χ1) is 12.4. The zero-order chi connectivity index (χ0) is 19.1. The molecular weight excluding hydrogens is 361 g/mol. The molecule has 1 N–H and O–H groups in total. The van der Waals surface area contributed by atoms with Crippen LogP contribution in [-0.2, 0) is 9.53 Å². The molecule has 0 aromatic heterocycles. The maximum atomic E-state index is 13.0. The van der Waals surface area contributed by atoms with Crippen LogP contribution in [0.25, 0.3) is 0 Å². The van der Waals surface area contributed by atoms with Crippen LogP contribution < -0.4 is 10.1 Å². The zero-order valence-corrected chi connectivity index (χ0v) is 15.2. The van der Waals surface area contributed by atoms with Crippen LogP contribution in [0.15, 0.2) is 42.5 Å². The molecular formula is C19H19ClFNO4. The van der Waals surface area contributed by atoms with Gasteiger partial charge in [0.2, 0.25) is 0 Å². The quantitative estimate of drug-likeness (QED) is 0.722. The highest BCUT2D eigenvalue weighted by Gasteiger charge is 2.20. The number of carbonyl (C=O) groups is 2. The molecule has 0 heterocycles. The number of anilines is 1. The molecule has 0 unspecified atom stereocenters. The number of hydrogen-bond donors (Lipinski definition) is 1. The summed E-state index contributed by atoms with van der Waals surface area (Å²) in [4.78, 5) is 24.3. The van der Waals surface area contributed by atoms with Crippen molar-refractivity contribution in [1.82, 2.24) is 0 Å². The first-order valence-electron chi connectivity index (χ1n) is 8.10. The Hall–Kier alpha value is -2.60. The molecule has 0 saturated heterocycles. The van der Waals surface area contributed by atoms with Gasteiger partial charge in [0.15, 0.2) is 6.10 Å². The zero-order valence-electron chi connectivity index (χ0n) is 14.4. The van der Waals surface area contributed by atoms with E-state index in [1.54, 1.807) is 24.3 Å². The molecule has 0 aliphatic carbocycles. The van der Waals surface area contributed by atoms with Crippen molar-refractivity contribution < 1.29 is 23.5 Å². The van der Waals surface area contributed by atoms with Gasteiger partial charge in [0, 0.05) is 0 Å². The highest BCUT2D eigenvalue weighted by atomic mass is 35.5. The fourth-order valence-electron chi connectivity index (χ4n) is 2.01. The molecule has 2 aromatic carbocycles. The maximum absolute atomic E-state index is 13.0. The second kappa shape index (κ2) is 9.20. The minimum atomic E-state index is -1.06. The van der Waals surface area contributed by atoms with Gasteiger partial charge in [-0.3, -0.25) is 4.79 Å². The van der Waals surface area contributed by atoms with Crippen molar-refractivity contribution in [2.24, 2.45) is 0 Å². The second-order valence-electron chi connectivity index (χ2n) is 5.53. The Balaban J connectivity index is 1.94. The number of ether oxygens (including phenoxy) is 2. The Labute approximate surface area is 156 Å². The Morgan fingerprint density at radius 1 is 1.19 bits per heavy atom. The smallest absolute Gasteiger partial charge is 0.338 e. The van der Waals surface area contributed by atoms with E-state index in [1.807, 2.05) is 6.92 Å². The van der Waals surface area contributed by atoms with E-state index in [0.29, 0.717) is 17.9 Å². The molecule has 5 nitrogen and oxygen atoms in total. The van der Waals surface area contributed by atoms with Crippen molar-refractivity contribution in [2.75, 3.05) is 11.9 Å². The van der Waals surface area contributed by atoms with Gasteiger partial charge in [-0.15, -0.1) is 0 Å². The lowest BCUT2D eigenvalue weighted by molar-refractivity contribution is -0.123. The lowest BCUT2D eigenvalue weighted by Gasteiger charge is -2.14. The number of hydrogen-bond acceptors (Lipinski definition) is 4. The normalized spacial score (nSPS) is 11.5. The van der Waals surface area contributed by atoms with E-state index < -0.39 is 23.8 Å². The van der Waals surface area contributed by atoms with E-state index in [9.17, 15) is 14.0 Å². The molecule has 26 heavy (non-hydrogen) atoms. The van der Waals surface area contributed by atoms with Gasteiger partial charge in [0.1, 0.15) is 11.6 Å². The molecule has 138 valence electrons. The highest BCUT2D eigenvalue weighted by Crippen LogP contribution is 2.22. The van der Waals surface area contributed by atoms with E-state index in [4.69, 9.17) is 21.1 Å². The molecule has 1 amide bonds. The molecule has 7 heteroatoms. The number of benzene rings is 2. The lowest BCUT2D eigenvalue weighted by Crippen LogP contribution is -2.30. The van der Waals surface area contributed by atoms with E-state index in [-0.39, 0.29) is 10.7 Å². The SMILES string of the molecule is CCCOc1ccc(C(=O)O[C@@H](C)C(=O)Nc2ccc(F)cc2Cl)cc1. The number of carbonyl (C=O) groups excluding carboxylic acids is 2. The van der Waals surface area contributed by atoms with E-state index in [1.165, 1.54) is 19.1 Å². The van der Waals surface area contributed by atoms with Gasteiger partial charge in [0.25, 0.3) is 5.91 Å². The standard InChI is InChI=1S/C19H19ClFNO4/c1-3-10-25-15-7-4-13(5-8-15)19(24)26-12(2)18(23)22-17-9-6-14(21)11-16(17)20/h4-9,11-12H,3,10H2,1-2H3,(H,22,23)/t12-/m0/s1. The predicted octanol–water partition coefficient (Wildman–Crippen LogP) is 4.45. The fraction of sp³-hybridized carbons (Fsp3) is 0.263. The minimum absolute atomic E-state index is 0.0551. The average molecular weight is 380 g/mol. The largest absolute Gasteiger partial charge is 0.494 e. The molecule has 0 spiro atoms. The van der Waals surface area contributed by atoms with E-state index in [2.05, 4.69) is 5.32 Å². The summed E-state index contributed by atoms with van der Waals surface area (Å²) in [5.41, 5.74) is 0.534. The monoisotopic (exact) mass is 379 g/mol. The van der Waals surface area contributed by atoms with Crippen molar-refractivity contribution in [3.63, 3.8) is 0 Å². The van der Waals surface area contributed by atoms with Crippen molar-refractivity contribution in [2.45, 2.75) is 26.4 Å². The number of nitrogens with one attached hydrogen (secondary N) is 1. The van der Waals surface area contributed by atoms with E-state index in [0.717, 1.165) is 12.5 Å². The first kappa shape index (κ1) is 19.7. The molecule has 2 rings (SSSR count). The molecule has 0 aliphatic rings. The van der Waals surface area contributed by atoms with Crippen LogP contribution in [0.5, 0.6) is 5.75 Å². The number of esters is 1. The highest BCUT2D eigenvalue weighted by molar-refractivity contribution is 6.33. The third-order valence-electron chi connectivity index (χ3n) is 3.40. The van der Waals surface area contributed by atoms with Gasteiger partial charge in [-0.2, -0.15) is 0 Å². The number of halogens is 2. The number of rotatable bonds is 7. The van der Waals surface area contributed by atoms with Gasteiger partial charge in [-0.05, 0) is 55.8 Å². The first-order valence-corrected chi connectivity index (χ1v) is 8.48. The topological polar surface area (TPSA) is 64.6 Å². The van der Waals surface area contributed by atoms with Crippen LogP contribution in [-0.4, -0.2) is 24.6 Å². The molecule has 2 aromatic rings. The Morgan fingerprint density at radius 3 is 2.50 bits per heavy atom. The average Bonchev–Trinajstić information content (AvgIpc) is 2.62. The molecule has 0 bridgehead atoms. The van der Waals surface area contributed by atoms with Gasteiger partial charge in [-0.1, -0.05) is 18.5 Å². The van der Waals surface area contributed by atoms with Crippen molar-refractivity contribution in [3.05, 3.63) is 58.9 Å². The number of amides is 1. The van der Waals surface area contributed by atoms with Gasteiger partial charge >= 0.3 is 5.97 Å². The molecule has 0 fully saturated rings. The summed E-state index contributed by atoms with van der Waals surface area (Å²) in [6.07, 6.45) is -0.172. The van der Waals surface area contributed by atoms with Crippen LogP contribution >= 0.6 is 11.6 Å². The van der Waals surface area contributed by atoms with Gasteiger partial charge < -0.3 is 14.8 Å². The van der Waals surface area contributed by atoms with Gasteiger partial charge in [-0.25, -0.2) is 9.18 Å². The summed E-state index contributed by atoms with van der Waals surface area (Å²) in [6.45, 7) is 4.02. The molecule has 0 radical (unpaired) electrons. The molecule has 1 atom stereocenters. The third kappa shape index (κ3) is 5.46. The molecule has 0 saturated carbocycles. The summed E-state index contributed by atoms with van der Waals surface area (Å²) in [5.74, 6) is -1.08. The molecule has 0 aliphatic heterocycles. The van der Waals surface area contributed by atoms with Crippen molar-refractivity contribution in [3.8, 4) is 5.75 Å². The summed E-state index contributed by atoms with van der Waals surface area (Å²) >= 11 is 5.86. The van der Waals surface area contributed by atoms with Crippen LogP contribution in [0.3, 0.4) is 0 Å². The fourth-order valence-corrected chi connectivity index (χ4v) is 2.23. The second-order valence-corrected chi connectivity index (χ2v) is 5.94. The summed E-state index contributed by atoms with van der Waals surface area (Å²) in [5, 5.41) is 2.55. The van der Waals surface area contributed by atoms with Crippen LogP contribution in [0, 0.1) is 5.82 Å². The van der Waals surface area contributed by atoms with Crippen LogP contribution in [0.2, 0.25) is 5.02 Å². The maximum Gasteiger partial charge on any atom is 0.338 e. The van der Waals surface area contributed by atoms with Crippen molar-refractivity contribution in [1.29, 1.82) is 0 Å². The van der Waals surface area contributed by atoms with Crippen molar-refractivity contribution >= 4 is 29.2 Å². The lowest BCUT2D eigenvalue weighted by atomic mass is 10.2. The third-order valence-corrected chi connectivity index (χ3v) is 3.72. The summed E-state index contributed by atoms with van der Waals surface area (Å²) in [6, 6.07) is 10.0. The minimum Gasteiger partial charge on any atom is -0.494 e. The Morgan fingerprint density at radius 2 is 1.88 bits per heavy atom. The van der Waals surface area contributed by atoms with Crippen LogP contribution in [0.4, 0.5) is 10.1 Å². The Bertz CT molecular complexity index is 780. The summed E-state index contributed by atoms with van der Waals surface area (Å²) in [7, 11) is 0. The predicted molar refractivity (Wildman–Crippen MR) is 97.1 cm³/mol. The van der Waals surface area contributed by atoms with Gasteiger partial charge in [0.05, 0.1) is 22.9 Å². The Kier molecular flexibility index (Phi) is 6.97. The van der Waals surface area contributed by atoms with Crippen LogP contribution in [0.1, 0.15) is 30.6 Å². The van der Waals surface area contributed by atoms with E-state index >= 15 is 0 Å². The summed E-state index contributed by atoms with van der Waals surface area (Å²) < 4.78 is 23.6.